The molecule has 1 rings (SSSR count). The van der Waals surface area contributed by atoms with Crippen LogP contribution in [-0.2, 0) is 11.2 Å². The molecule has 0 bridgehead atoms. The number of hydrogen-bond acceptors (Lipinski definition) is 3. The molecule has 1 aromatic rings. The van der Waals surface area contributed by atoms with Crippen molar-refractivity contribution in [1.82, 2.24) is 5.32 Å². The molecule has 2 N–H and O–H groups in total. The summed E-state index contributed by atoms with van der Waals surface area (Å²) < 4.78 is 0. The summed E-state index contributed by atoms with van der Waals surface area (Å²) in [5.74, 6) is 1.22. The summed E-state index contributed by atoms with van der Waals surface area (Å²) in [5, 5.41) is 5.94. The van der Waals surface area contributed by atoms with E-state index in [-0.39, 0.29) is 5.91 Å². The van der Waals surface area contributed by atoms with E-state index >= 15 is 0 Å². The fraction of sp³-hybridized carbons (Fsp3) is 0.500. The summed E-state index contributed by atoms with van der Waals surface area (Å²) in [7, 11) is 1.89. The fourth-order valence-corrected chi connectivity index (χ4v) is 2.06. The molecule has 4 heteroatoms. The van der Waals surface area contributed by atoms with Crippen molar-refractivity contribution in [2.24, 2.45) is 0 Å². The van der Waals surface area contributed by atoms with E-state index in [0.717, 1.165) is 30.8 Å². The van der Waals surface area contributed by atoms with Crippen LogP contribution in [-0.4, -0.2) is 31.5 Å². The van der Waals surface area contributed by atoms with Gasteiger partial charge in [-0.25, -0.2) is 0 Å². The zero-order chi connectivity index (χ0) is 13.2. The lowest BCUT2D eigenvalue weighted by Gasteiger charge is -2.06. The average Bonchev–Trinajstić information content (AvgIpc) is 2.38. The minimum Gasteiger partial charge on any atom is -0.326 e. The molecule has 0 spiro atoms. The third kappa shape index (κ3) is 6.07. The molecule has 0 atom stereocenters. The smallest absolute Gasteiger partial charge is 0.224 e. The van der Waals surface area contributed by atoms with E-state index in [1.807, 2.05) is 30.9 Å². The summed E-state index contributed by atoms with van der Waals surface area (Å²) >= 11 is 1.85. The molecule has 0 aliphatic rings. The molecule has 0 aromatic heterocycles. The molecule has 1 aromatic carbocycles. The zero-order valence-corrected chi connectivity index (χ0v) is 12.0. The van der Waals surface area contributed by atoms with E-state index in [1.165, 1.54) is 5.56 Å². The van der Waals surface area contributed by atoms with Crippen molar-refractivity contribution in [2.45, 2.75) is 19.3 Å². The number of carbonyl (C=O) groups excluding carboxylic acids is 1. The predicted molar refractivity (Wildman–Crippen MR) is 80.3 cm³/mol. The van der Waals surface area contributed by atoms with Crippen LogP contribution < -0.4 is 10.6 Å². The molecule has 0 unspecified atom stereocenters. The van der Waals surface area contributed by atoms with Crippen molar-refractivity contribution in [2.75, 3.05) is 30.9 Å². The molecule has 0 radical (unpaired) electrons. The second-order valence-electron chi connectivity index (χ2n) is 4.20. The first-order chi connectivity index (χ1) is 8.76. The normalized spacial score (nSPS) is 10.3. The third-order valence-corrected chi connectivity index (χ3v) is 3.28. The van der Waals surface area contributed by atoms with Crippen LogP contribution in [0.1, 0.15) is 18.4 Å². The quantitative estimate of drug-likeness (QED) is 0.710. The highest BCUT2D eigenvalue weighted by molar-refractivity contribution is 7.98. The van der Waals surface area contributed by atoms with Crippen molar-refractivity contribution in [3.8, 4) is 0 Å². The summed E-state index contributed by atoms with van der Waals surface area (Å²) in [4.78, 5) is 11.6. The highest BCUT2D eigenvalue weighted by atomic mass is 32.2. The van der Waals surface area contributed by atoms with Gasteiger partial charge in [-0.15, -0.1) is 0 Å². The topological polar surface area (TPSA) is 41.1 Å². The van der Waals surface area contributed by atoms with Gasteiger partial charge in [0.1, 0.15) is 0 Å². The Morgan fingerprint density at radius 3 is 2.61 bits per heavy atom. The summed E-state index contributed by atoms with van der Waals surface area (Å²) in [6.45, 7) is 0.876. The number of thioether (sulfide) groups is 1. The van der Waals surface area contributed by atoms with Crippen LogP contribution in [0.4, 0.5) is 5.69 Å². The molecular formula is C14H22N2OS. The van der Waals surface area contributed by atoms with E-state index in [4.69, 9.17) is 0 Å². The molecular weight excluding hydrogens is 244 g/mol. The van der Waals surface area contributed by atoms with E-state index in [1.54, 1.807) is 0 Å². The first kappa shape index (κ1) is 15.1. The number of aryl methyl sites for hydroxylation is 1. The Hall–Kier alpha value is -1.00. The summed E-state index contributed by atoms with van der Waals surface area (Å²) in [6.07, 6.45) is 4.63. The first-order valence-corrected chi connectivity index (χ1v) is 7.68. The fourth-order valence-electron chi connectivity index (χ4n) is 1.62. The lowest BCUT2D eigenvalue weighted by molar-refractivity contribution is -0.116. The number of benzene rings is 1. The Labute approximate surface area is 114 Å². The van der Waals surface area contributed by atoms with E-state index in [9.17, 15) is 4.79 Å². The second kappa shape index (κ2) is 9.00. The van der Waals surface area contributed by atoms with Crippen LogP contribution in [0, 0.1) is 0 Å². The Morgan fingerprint density at radius 2 is 2.00 bits per heavy atom. The molecule has 1 amide bonds. The lowest BCUT2D eigenvalue weighted by Crippen LogP contribution is -2.15. The third-order valence-electron chi connectivity index (χ3n) is 2.66. The molecule has 0 aliphatic heterocycles. The van der Waals surface area contributed by atoms with Crippen LogP contribution in [0.5, 0.6) is 0 Å². The predicted octanol–water partition coefficient (Wildman–Crippen LogP) is 2.53. The van der Waals surface area contributed by atoms with Gasteiger partial charge in [-0.05, 0) is 56.1 Å². The van der Waals surface area contributed by atoms with Gasteiger partial charge in [0.25, 0.3) is 0 Å². The van der Waals surface area contributed by atoms with Crippen LogP contribution in [0.15, 0.2) is 24.3 Å². The Morgan fingerprint density at radius 1 is 1.28 bits per heavy atom. The molecule has 100 valence electrons. The van der Waals surface area contributed by atoms with Gasteiger partial charge in [-0.2, -0.15) is 11.8 Å². The van der Waals surface area contributed by atoms with Gasteiger partial charge in [-0.1, -0.05) is 12.1 Å². The summed E-state index contributed by atoms with van der Waals surface area (Å²) in [5.41, 5.74) is 2.20. The van der Waals surface area contributed by atoms with Gasteiger partial charge in [0.2, 0.25) is 5.91 Å². The number of carbonyl (C=O) groups is 1. The van der Waals surface area contributed by atoms with E-state index in [2.05, 4.69) is 29.0 Å². The Bertz CT molecular complexity index is 351. The lowest BCUT2D eigenvalue weighted by atomic mass is 10.1. The van der Waals surface area contributed by atoms with Gasteiger partial charge in [-0.3, -0.25) is 4.79 Å². The van der Waals surface area contributed by atoms with Crippen LogP contribution >= 0.6 is 11.8 Å². The van der Waals surface area contributed by atoms with E-state index < -0.39 is 0 Å². The van der Waals surface area contributed by atoms with Gasteiger partial charge in [0.05, 0.1) is 0 Å². The number of rotatable bonds is 8. The van der Waals surface area contributed by atoms with Gasteiger partial charge >= 0.3 is 0 Å². The van der Waals surface area contributed by atoms with Crippen LogP contribution in [0.2, 0.25) is 0 Å². The molecule has 3 nitrogen and oxygen atoms in total. The van der Waals surface area contributed by atoms with Crippen molar-refractivity contribution in [3.05, 3.63) is 29.8 Å². The maximum Gasteiger partial charge on any atom is 0.224 e. The highest BCUT2D eigenvalue weighted by Gasteiger charge is 2.01. The SMILES string of the molecule is CNCCCC(=O)Nc1ccc(CCSC)cc1. The largest absolute Gasteiger partial charge is 0.326 e. The first-order valence-electron chi connectivity index (χ1n) is 6.28. The average molecular weight is 266 g/mol. The number of hydrogen-bond donors (Lipinski definition) is 2. The summed E-state index contributed by atoms with van der Waals surface area (Å²) in [6, 6.07) is 8.12. The molecule has 0 heterocycles. The number of amides is 1. The molecule has 18 heavy (non-hydrogen) atoms. The molecule has 0 aliphatic carbocycles. The van der Waals surface area contributed by atoms with Crippen molar-refractivity contribution in [1.29, 1.82) is 0 Å². The van der Waals surface area contributed by atoms with Gasteiger partial charge < -0.3 is 10.6 Å². The van der Waals surface area contributed by atoms with Gasteiger partial charge in [0.15, 0.2) is 0 Å². The van der Waals surface area contributed by atoms with Crippen molar-refractivity contribution >= 4 is 23.4 Å². The minimum atomic E-state index is 0.0853. The molecule has 0 saturated heterocycles. The minimum absolute atomic E-state index is 0.0853. The van der Waals surface area contributed by atoms with Crippen LogP contribution in [0.25, 0.3) is 0 Å². The Kier molecular flexibility index (Phi) is 7.53. The standard InChI is InChI=1S/C14H22N2OS/c1-15-10-3-4-14(17)16-13-7-5-12(6-8-13)9-11-18-2/h5-8,15H,3-4,9-11H2,1-2H3,(H,16,17). The maximum atomic E-state index is 11.6. The Balaban J connectivity index is 2.35. The monoisotopic (exact) mass is 266 g/mol. The van der Waals surface area contributed by atoms with Crippen molar-refractivity contribution in [3.63, 3.8) is 0 Å². The number of nitrogens with one attached hydrogen (secondary N) is 2. The highest BCUT2D eigenvalue weighted by Crippen LogP contribution is 2.11. The number of anilines is 1. The maximum absolute atomic E-state index is 11.6. The second-order valence-corrected chi connectivity index (χ2v) is 5.18. The molecule has 0 fully saturated rings. The van der Waals surface area contributed by atoms with Crippen molar-refractivity contribution < 1.29 is 4.79 Å². The van der Waals surface area contributed by atoms with Crippen LogP contribution in [0.3, 0.4) is 0 Å². The molecule has 0 saturated carbocycles. The van der Waals surface area contributed by atoms with Gasteiger partial charge in [0, 0.05) is 12.1 Å². The zero-order valence-electron chi connectivity index (χ0n) is 11.2. The van der Waals surface area contributed by atoms with E-state index in [0.29, 0.717) is 6.42 Å².